The maximum Gasteiger partial charge on any atom is 0.273 e. The van der Waals surface area contributed by atoms with Crippen LogP contribution in [-0.4, -0.2) is 11.5 Å². The van der Waals surface area contributed by atoms with Crippen LogP contribution in [0.3, 0.4) is 0 Å². The van der Waals surface area contributed by atoms with E-state index in [1.165, 1.54) is 25.7 Å². The summed E-state index contributed by atoms with van der Waals surface area (Å²) in [6.07, 6.45) is 5.83. The van der Waals surface area contributed by atoms with E-state index >= 15 is 0 Å². The highest BCUT2D eigenvalue weighted by molar-refractivity contribution is 5.39. The van der Waals surface area contributed by atoms with E-state index < -0.39 is 10.7 Å². The van der Waals surface area contributed by atoms with Crippen molar-refractivity contribution in [2.45, 2.75) is 32.1 Å². The van der Waals surface area contributed by atoms with Crippen molar-refractivity contribution in [3.05, 3.63) is 34.1 Å². The van der Waals surface area contributed by atoms with Crippen LogP contribution in [0, 0.1) is 21.8 Å². The average Bonchev–Trinajstić information content (AvgIpc) is 2.84. The van der Waals surface area contributed by atoms with Crippen molar-refractivity contribution in [1.29, 1.82) is 0 Å². The van der Waals surface area contributed by atoms with Crippen molar-refractivity contribution in [3.8, 4) is 5.75 Å². The van der Waals surface area contributed by atoms with Gasteiger partial charge in [0.1, 0.15) is 0 Å². The van der Waals surface area contributed by atoms with E-state index in [0.29, 0.717) is 12.5 Å². The van der Waals surface area contributed by atoms with Crippen molar-refractivity contribution < 1.29 is 14.1 Å². The fourth-order valence-corrected chi connectivity index (χ4v) is 2.35. The Kier molecular flexibility index (Phi) is 4.12. The molecule has 5 heteroatoms. The number of nitrogens with zero attached hydrogens (tertiary/aromatic N) is 1. The summed E-state index contributed by atoms with van der Waals surface area (Å²) in [5, 5.41) is 10.6. The van der Waals surface area contributed by atoms with Gasteiger partial charge in [-0.1, -0.05) is 25.7 Å². The molecule has 0 bridgehead atoms. The van der Waals surface area contributed by atoms with Gasteiger partial charge in [0.25, 0.3) is 5.69 Å². The molecule has 2 rings (SSSR count). The van der Waals surface area contributed by atoms with Crippen LogP contribution in [0.5, 0.6) is 5.75 Å². The summed E-state index contributed by atoms with van der Waals surface area (Å²) in [7, 11) is 0. The minimum atomic E-state index is -0.552. The smallest absolute Gasteiger partial charge is 0.273 e. The van der Waals surface area contributed by atoms with Gasteiger partial charge in [0.2, 0.25) is 0 Å². The fourth-order valence-electron chi connectivity index (χ4n) is 2.35. The molecule has 1 aliphatic rings. The third kappa shape index (κ3) is 3.18. The Morgan fingerprint density at radius 1 is 1.39 bits per heavy atom. The molecule has 0 spiro atoms. The van der Waals surface area contributed by atoms with Gasteiger partial charge < -0.3 is 4.74 Å². The summed E-state index contributed by atoms with van der Waals surface area (Å²) in [4.78, 5) is 10.0. The van der Waals surface area contributed by atoms with E-state index in [4.69, 9.17) is 4.74 Å². The highest BCUT2D eigenvalue weighted by Gasteiger charge is 2.16. The Labute approximate surface area is 105 Å². The van der Waals surface area contributed by atoms with E-state index in [-0.39, 0.29) is 11.4 Å². The number of halogens is 1. The first-order chi connectivity index (χ1) is 8.66. The van der Waals surface area contributed by atoms with Crippen LogP contribution in [0.1, 0.15) is 32.1 Å². The monoisotopic (exact) mass is 253 g/mol. The summed E-state index contributed by atoms with van der Waals surface area (Å²) in [6.45, 7) is 0.419. The predicted octanol–water partition coefficient (Wildman–Crippen LogP) is 3.69. The van der Waals surface area contributed by atoms with Crippen LogP contribution in [0.2, 0.25) is 0 Å². The van der Waals surface area contributed by atoms with E-state index in [1.807, 2.05) is 0 Å². The van der Waals surface area contributed by atoms with Gasteiger partial charge in [-0.2, -0.15) is 0 Å². The molecule has 98 valence electrons. The lowest BCUT2D eigenvalue weighted by molar-refractivity contribution is -0.385. The van der Waals surface area contributed by atoms with Gasteiger partial charge >= 0.3 is 0 Å². The molecule has 0 N–H and O–H groups in total. The van der Waals surface area contributed by atoms with Crippen LogP contribution in [0.4, 0.5) is 10.1 Å². The van der Waals surface area contributed by atoms with Gasteiger partial charge in [0, 0.05) is 6.07 Å². The molecule has 4 nitrogen and oxygen atoms in total. The first kappa shape index (κ1) is 12.8. The van der Waals surface area contributed by atoms with Crippen LogP contribution in [0.25, 0.3) is 0 Å². The number of non-ortho nitro benzene ring substituents is 1. The molecule has 1 aliphatic carbocycles. The molecule has 1 aromatic carbocycles. The standard InChI is InChI=1S/C13H16FNO3/c14-12-6-5-11(15(16)17)9-13(12)18-8-7-10-3-1-2-4-10/h5-6,9-10H,1-4,7-8H2. The number of hydrogen-bond donors (Lipinski definition) is 0. The third-order valence-corrected chi connectivity index (χ3v) is 3.38. The summed E-state index contributed by atoms with van der Waals surface area (Å²) >= 11 is 0. The van der Waals surface area contributed by atoms with Gasteiger partial charge in [-0.25, -0.2) is 4.39 Å². The van der Waals surface area contributed by atoms with Crippen molar-refractivity contribution in [3.63, 3.8) is 0 Å². The second-order valence-electron chi connectivity index (χ2n) is 4.66. The molecular formula is C13H16FNO3. The molecule has 18 heavy (non-hydrogen) atoms. The van der Waals surface area contributed by atoms with Crippen LogP contribution < -0.4 is 4.74 Å². The highest BCUT2D eigenvalue weighted by atomic mass is 19.1. The molecular weight excluding hydrogens is 237 g/mol. The van der Waals surface area contributed by atoms with E-state index in [9.17, 15) is 14.5 Å². The Morgan fingerprint density at radius 2 is 2.11 bits per heavy atom. The summed E-state index contributed by atoms with van der Waals surface area (Å²) < 4.78 is 18.7. The van der Waals surface area contributed by atoms with Crippen molar-refractivity contribution in [2.24, 2.45) is 5.92 Å². The van der Waals surface area contributed by atoms with Crippen molar-refractivity contribution in [2.75, 3.05) is 6.61 Å². The Bertz CT molecular complexity index is 430. The zero-order valence-electron chi connectivity index (χ0n) is 10.1. The normalized spacial score (nSPS) is 15.8. The first-order valence-corrected chi connectivity index (χ1v) is 6.23. The van der Waals surface area contributed by atoms with Gasteiger partial charge in [0.15, 0.2) is 11.6 Å². The van der Waals surface area contributed by atoms with Gasteiger partial charge in [-0.15, -0.1) is 0 Å². The highest BCUT2D eigenvalue weighted by Crippen LogP contribution is 2.28. The Hall–Kier alpha value is -1.65. The molecule has 0 saturated heterocycles. The Morgan fingerprint density at radius 3 is 2.78 bits per heavy atom. The summed E-state index contributed by atoms with van der Waals surface area (Å²) in [5.41, 5.74) is -0.146. The number of nitro benzene ring substituents is 1. The zero-order chi connectivity index (χ0) is 13.0. The van der Waals surface area contributed by atoms with Crippen molar-refractivity contribution in [1.82, 2.24) is 0 Å². The molecule has 1 saturated carbocycles. The molecule has 1 aromatic rings. The molecule has 0 aromatic heterocycles. The second-order valence-corrected chi connectivity index (χ2v) is 4.66. The molecule has 0 radical (unpaired) electrons. The van der Waals surface area contributed by atoms with E-state index in [2.05, 4.69) is 0 Å². The van der Waals surface area contributed by atoms with E-state index in [1.54, 1.807) is 0 Å². The minimum absolute atomic E-state index is 0.0257. The lowest BCUT2D eigenvalue weighted by atomic mass is 10.1. The topological polar surface area (TPSA) is 52.4 Å². The average molecular weight is 253 g/mol. The Balaban J connectivity index is 1.91. The maximum atomic E-state index is 13.4. The SMILES string of the molecule is O=[N+]([O-])c1ccc(F)c(OCCC2CCCC2)c1. The summed E-state index contributed by atoms with van der Waals surface area (Å²) in [5.74, 6) is 0.0842. The molecule has 0 atom stereocenters. The van der Waals surface area contributed by atoms with Crippen LogP contribution in [0.15, 0.2) is 18.2 Å². The molecule has 0 unspecified atom stereocenters. The number of benzene rings is 1. The number of nitro groups is 1. The van der Waals surface area contributed by atoms with Gasteiger partial charge in [-0.3, -0.25) is 10.1 Å². The molecule has 0 amide bonds. The molecule has 0 heterocycles. The fraction of sp³-hybridized carbons (Fsp3) is 0.538. The predicted molar refractivity (Wildman–Crippen MR) is 65.1 cm³/mol. The summed E-state index contributed by atoms with van der Waals surface area (Å²) in [6, 6.07) is 3.35. The van der Waals surface area contributed by atoms with Crippen LogP contribution in [-0.2, 0) is 0 Å². The molecule has 0 aliphatic heterocycles. The van der Waals surface area contributed by atoms with Gasteiger partial charge in [0.05, 0.1) is 17.6 Å². The van der Waals surface area contributed by atoms with Crippen molar-refractivity contribution >= 4 is 5.69 Å². The maximum absolute atomic E-state index is 13.4. The number of ether oxygens (including phenoxy) is 1. The quantitative estimate of drug-likeness (QED) is 0.594. The van der Waals surface area contributed by atoms with Gasteiger partial charge in [-0.05, 0) is 18.4 Å². The third-order valence-electron chi connectivity index (χ3n) is 3.38. The number of hydrogen-bond acceptors (Lipinski definition) is 3. The first-order valence-electron chi connectivity index (χ1n) is 6.23. The lowest BCUT2D eigenvalue weighted by Gasteiger charge is -2.10. The van der Waals surface area contributed by atoms with Crippen LogP contribution >= 0.6 is 0 Å². The zero-order valence-corrected chi connectivity index (χ0v) is 10.1. The number of rotatable bonds is 5. The second kappa shape index (κ2) is 5.80. The minimum Gasteiger partial charge on any atom is -0.490 e. The lowest BCUT2D eigenvalue weighted by Crippen LogP contribution is -2.05. The molecule has 1 fully saturated rings. The largest absolute Gasteiger partial charge is 0.490 e. The van der Waals surface area contributed by atoms with E-state index in [0.717, 1.165) is 24.6 Å².